The van der Waals surface area contributed by atoms with E-state index >= 15 is 0 Å². The van der Waals surface area contributed by atoms with Gasteiger partial charge in [-0.05, 0) is 31.2 Å². The average Bonchev–Trinajstić information content (AvgIpc) is 2.70. The minimum absolute atomic E-state index is 0.226. The number of nitrogens with two attached hydrogens (primary N) is 1. The van der Waals surface area contributed by atoms with Crippen LogP contribution >= 0.6 is 12.2 Å². The normalized spacial score (nSPS) is 13.5. The lowest BCUT2D eigenvalue weighted by atomic mass is 10.1. The summed E-state index contributed by atoms with van der Waals surface area (Å²) in [6, 6.07) is 12.0. The van der Waals surface area contributed by atoms with E-state index in [1.807, 2.05) is 13.0 Å². The van der Waals surface area contributed by atoms with Crippen LogP contribution < -0.4 is 10.6 Å². The molecule has 2 aromatic rings. The zero-order valence-electron chi connectivity index (χ0n) is 11.3. The van der Waals surface area contributed by atoms with Crippen molar-refractivity contribution in [2.75, 3.05) is 4.90 Å². The van der Waals surface area contributed by atoms with E-state index in [0.29, 0.717) is 22.4 Å². The fourth-order valence-electron chi connectivity index (χ4n) is 2.39. The zero-order chi connectivity index (χ0) is 15.1. The minimum atomic E-state index is -0.324. The van der Waals surface area contributed by atoms with Gasteiger partial charge in [-0.3, -0.25) is 9.59 Å². The van der Waals surface area contributed by atoms with Crippen molar-refractivity contribution < 1.29 is 9.59 Å². The summed E-state index contributed by atoms with van der Waals surface area (Å²) < 4.78 is 0. The van der Waals surface area contributed by atoms with Gasteiger partial charge in [-0.25, -0.2) is 4.90 Å². The standard InChI is InChI=1S/C16H12N2O2S/c1-9-5-6-12-13(7-9)16(20)18(15(12)19)11-4-2-3-10(8-11)14(17)21/h2-8H,1H3,(H2,17,21). The first kappa shape index (κ1) is 13.5. The molecule has 1 heterocycles. The average molecular weight is 296 g/mol. The van der Waals surface area contributed by atoms with Crippen LogP contribution in [-0.2, 0) is 0 Å². The van der Waals surface area contributed by atoms with Crippen molar-refractivity contribution in [3.63, 3.8) is 0 Å². The molecule has 2 aromatic carbocycles. The van der Waals surface area contributed by atoms with Crippen molar-refractivity contribution in [3.05, 3.63) is 64.7 Å². The van der Waals surface area contributed by atoms with Crippen molar-refractivity contribution in [1.82, 2.24) is 0 Å². The molecule has 0 radical (unpaired) electrons. The Morgan fingerprint density at radius 3 is 2.48 bits per heavy atom. The molecule has 0 bridgehead atoms. The summed E-state index contributed by atoms with van der Waals surface area (Å²) in [5, 5.41) is 0. The van der Waals surface area contributed by atoms with E-state index < -0.39 is 0 Å². The van der Waals surface area contributed by atoms with Crippen LogP contribution in [0.25, 0.3) is 0 Å². The minimum Gasteiger partial charge on any atom is -0.389 e. The van der Waals surface area contributed by atoms with Crippen molar-refractivity contribution in [2.45, 2.75) is 6.92 Å². The summed E-state index contributed by atoms with van der Waals surface area (Å²) in [6.07, 6.45) is 0. The monoisotopic (exact) mass is 296 g/mol. The summed E-state index contributed by atoms with van der Waals surface area (Å²) in [4.78, 5) is 26.3. The summed E-state index contributed by atoms with van der Waals surface area (Å²) in [5.41, 5.74) is 8.49. The summed E-state index contributed by atoms with van der Waals surface area (Å²) >= 11 is 4.93. The number of carbonyl (C=O) groups is 2. The highest BCUT2D eigenvalue weighted by molar-refractivity contribution is 7.80. The predicted molar refractivity (Wildman–Crippen MR) is 84.6 cm³/mol. The van der Waals surface area contributed by atoms with Crippen LogP contribution in [0.15, 0.2) is 42.5 Å². The number of fused-ring (bicyclic) bond motifs is 1. The van der Waals surface area contributed by atoms with Crippen LogP contribution in [0.4, 0.5) is 5.69 Å². The number of nitrogens with zero attached hydrogens (tertiary/aromatic N) is 1. The lowest BCUT2D eigenvalue weighted by molar-refractivity contribution is 0.0926. The largest absolute Gasteiger partial charge is 0.389 e. The molecule has 2 amide bonds. The Morgan fingerprint density at radius 1 is 1.05 bits per heavy atom. The van der Waals surface area contributed by atoms with Gasteiger partial charge in [0.05, 0.1) is 16.8 Å². The molecule has 0 fully saturated rings. The molecule has 0 saturated carbocycles. The lowest BCUT2D eigenvalue weighted by Gasteiger charge is -2.14. The van der Waals surface area contributed by atoms with Crippen molar-refractivity contribution in [1.29, 1.82) is 0 Å². The van der Waals surface area contributed by atoms with E-state index in [1.165, 1.54) is 0 Å². The molecule has 1 aliphatic rings. The maximum atomic E-state index is 12.5. The summed E-state index contributed by atoms with van der Waals surface area (Å²) in [5.74, 6) is -0.645. The summed E-state index contributed by atoms with van der Waals surface area (Å²) in [7, 11) is 0. The molecule has 0 atom stereocenters. The first-order valence-electron chi connectivity index (χ1n) is 6.38. The van der Waals surface area contributed by atoms with Crippen molar-refractivity contribution in [2.24, 2.45) is 5.73 Å². The molecule has 0 aliphatic carbocycles. The highest BCUT2D eigenvalue weighted by atomic mass is 32.1. The second kappa shape index (κ2) is 4.79. The van der Waals surface area contributed by atoms with Crippen LogP contribution in [0.1, 0.15) is 31.8 Å². The van der Waals surface area contributed by atoms with E-state index in [4.69, 9.17) is 18.0 Å². The zero-order valence-corrected chi connectivity index (χ0v) is 12.1. The molecule has 0 saturated heterocycles. The van der Waals surface area contributed by atoms with E-state index in [0.717, 1.165) is 10.5 Å². The first-order valence-corrected chi connectivity index (χ1v) is 6.79. The van der Waals surface area contributed by atoms with Gasteiger partial charge < -0.3 is 5.73 Å². The van der Waals surface area contributed by atoms with E-state index in [9.17, 15) is 9.59 Å². The third kappa shape index (κ3) is 2.11. The fraction of sp³-hybridized carbons (Fsp3) is 0.0625. The third-order valence-electron chi connectivity index (χ3n) is 3.43. The maximum absolute atomic E-state index is 12.5. The molecule has 0 unspecified atom stereocenters. The van der Waals surface area contributed by atoms with Gasteiger partial charge in [0.25, 0.3) is 11.8 Å². The van der Waals surface area contributed by atoms with Gasteiger partial charge in [0, 0.05) is 5.56 Å². The fourth-order valence-corrected chi connectivity index (χ4v) is 2.51. The number of rotatable bonds is 2. The van der Waals surface area contributed by atoms with Gasteiger partial charge in [0.15, 0.2) is 0 Å². The van der Waals surface area contributed by atoms with Crippen LogP contribution in [0, 0.1) is 6.92 Å². The second-order valence-corrected chi connectivity index (χ2v) is 5.35. The molecule has 5 heteroatoms. The molecule has 4 nitrogen and oxygen atoms in total. The second-order valence-electron chi connectivity index (χ2n) is 4.91. The number of benzene rings is 2. The Bertz CT molecular complexity index is 799. The van der Waals surface area contributed by atoms with E-state index in [2.05, 4.69) is 0 Å². The van der Waals surface area contributed by atoms with Gasteiger partial charge in [-0.2, -0.15) is 0 Å². The highest BCUT2D eigenvalue weighted by Crippen LogP contribution is 2.29. The molecule has 2 N–H and O–H groups in total. The van der Waals surface area contributed by atoms with Crippen molar-refractivity contribution >= 4 is 34.7 Å². The van der Waals surface area contributed by atoms with Crippen LogP contribution in [-0.4, -0.2) is 16.8 Å². The first-order chi connectivity index (χ1) is 9.99. The predicted octanol–water partition coefficient (Wildman–Crippen LogP) is 2.43. The Morgan fingerprint density at radius 2 is 1.76 bits per heavy atom. The van der Waals surface area contributed by atoms with E-state index in [-0.39, 0.29) is 16.8 Å². The molecule has 3 rings (SSSR count). The Balaban J connectivity index is 2.10. The smallest absolute Gasteiger partial charge is 0.266 e. The Kier molecular flexibility index (Phi) is 3.07. The number of carbonyl (C=O) groups excluding carboxylic acids is 2. The third-order valence-corrected chi connectivity index (χ3v) is 3.67. The van der Waals surface area contributed by atoms with Crippen LogP contribution in [0.3, 0.4) is 0 Å². The number of anilines is 1. The number of thiocarbonyl (C=S) groups is 1. The van der Waals surface area contributed by atoms with Gasteiger partial charge in [-0.1, -0.05) is 36.0 Å². The summed E-state index contributed by atoms with van der Waals surface area (Å²) in [6.45, 7) is 1.88. The quantitative estimate of drug-likeness (QED) is 0.683. The SMILES string of the molecule is Cc1ccc2c(c1)C(=O)N(c1cccc(C(N)=S)c1)C2=O. The molecule has 0 aromatic heterocycles. The van der Waals surface area contributed by atoms with Gasteiger partial charge >= 0.3 is 0 Å². The molecule has 104 valence electrons. The molecule has 21 heavy (non-hydrogen) atoms. The highest BCUT2D eigenvalue weighted by Gasteiger charge is 2.36. The van der Waals surface area contributed by atoms with Crippen molar-refractivity contribution in [3.8, 4) is 0 Å². The molecule has 1 aliphatic heterocycles. The Labute approximate surface area is 127 Å². The van der Waals surface area contributed by atoms with Gasteiger partial charge in [0.1, 0.15) is 4.99 Å². The number of hydrogen-bond acceptors (Lipinski definition) is 3. The maximum Gasteiger partial charge on any atom is 0.266 e. The topological polar surface area (TPSA) is 63.4 Å². The van der Waals surface area contributed by atoms with Crippen LogP contribution in [0.5, 0.6) is 0 Å². The van der Waals surface area contributed by atoms with Gasteiger partial charge in [-0.15, -0.1) is 0 Å². The number of imide groups is 1. The van der Waals surface area contributed by atoms with E-state index in [1.54, 1.807) is 36.4 Å². The molecule has 0 spiro atoms. The Hall–Kier alpha value is -2.53. The molecular formula is C16H12N2O2S. The number of hydrogen-bond donors (Lipinski definition) is 1. The lowest BCUT2D eigenvalue weighted by Crippen LogP contribution is -2.29. The van der Waals surface area contributed by atoms with Gasteiger partial charge in [0.2, 0.25) is 0 Å². The number of amides is 2. The van der Waals surface area contributed by atoms with Crippen LogP contribution in [0.2, 0.25) is 0 Å². The molecular weight excluding hydrogens is 284 g/mol. The number of aryl methyl sites for hydroxylation is 1.